The van der Waals surface area contributed by atoms with Crippen LogP contribution in [0.1, 0.15) is 17.3 Å². The summed E-state index contributed by atoms with van der Waals surface area (Å²) in [5.41, 5.74) is 1.13. The van der Waals surface area contributed by atoms with Gasteiger partial charge in [-0.15, -0.1) is 0 Å². The minimum Gasteiger partial charge on any atom is -0.465 e. The number of esters is 1. The molecular weight excluding hydrogens is 194 g/mol. The number of amides is 1. The number of benzene rings is 1. The quantitative estimate of drug-likeness (QED) is 0.554. The minimum absolute atomic E-state index is 0.404. The number of anilines is 1. The number of hydrogen-bond acceptors (Lipinski definition) is 3. The minimum atomic E-state index is -0.404. The molecule has 0 fully saturated rings. The van der Waals surface area contributed by atoms with Crippen LogP contribution in [0.2, 0.25) is 0 Å². The summed E-state index contributed by atoms with van der Waals surface area (Å²) in [5, 5.41) is 0. The van der Waals surface area contributed by atoms with E-state index in [0.29, 0.717) is 17.8 Å². The maximum Gasteiger partial charge on any atom is 0.337 e. The highest BCUT2D eigenvalue weighted by atomic mass is 16.5. The van der Waals surface area contributed by atoms with Crippen LogP contribution in [0.3, 0.4) is 0 Å². The van der Waals surface area contributed by atoms with Crippen LogP contribution in [0.15, 0.2) is 24.3 Å². The molecule has 0 unspecified atom stereocenters. The number of nitrogens with zero attached hydrogens (tertiary/aromatic N) is 1. The third kappa shape index (κ3) is 2.56. The van der Waals surface area contributed by atoms with Crippen LogP contribution >= 0.6 is 0 Å². The summed E-state index contributed by atoms with van der Waals surface area (Å²) in [7, 11) is 1.33. The molecule has 0 aliphatic carbocycles. The lowest BCUT2D eigenvalue weighted by Gasteiger charge is -2.15. The monoisotopic (exact) mass is 207 g/mol. The SMILES string of the molecule is CCN(C=O)c1cccc(C(=O)OC)c1. The molecule has 0 heterocycles. The smallest absolute Gasteiger partial charge is 0.337 e. The lowest BCUT2D eigenvalue weighted by Crippen LogP contribution is -2.20. The van der Waals surface area contributed by atoms with Crippen molar-refractivity contribution in [2.75, 3.05) is 18.6 Å². The van der Waals surface area contributed by atoms with Crippen LogP contribution < -0.4 is 4.90 Å². The van der Waals surface area contributed by atoms with Crippen LogP contribution in [0.5, 0.6) is 0 Å². The van der Waals surface area contributed by atoms with Gasteiger partial charge in [0.25, 0.3) is 0 Å². The van der Waals surface area contributed by atoms with Crippen LogP contribution in [-0.2, 0) is 9.53 Å². The Balaban J connectivity index is 3.01. The van der Waals surface area contributed by atoms with Gasteiger partial charge in [-0.2, -0.15) is 0 Å². The molecule has 4 nitrogen and oxygen atoms in total. The van der Waals surface area contributed by atoms with Crippen molar-refractivity contribution in [3.05, 3.63) is 29.8 Å². The summed E-state index contributed by atoms with van der Waals surface area (Å²) in [6, 6.07) is 6.76. The van der Waals surface area contributed by atoms with Gasteiger partial charge in [0.2, 0.25) is 6.41 Å². The number of carbonyl (C=O) groups excluding carboxylic acids is 2. The van der Waals surface area contributed by atoms with E-state index in [2.05, 4.69) is 4.74 Å². The van der Waals surface area contributed by atoms with Gasteiger partial charge in [0.1, 0.15) is 0 Å². The molecule has 1 amide bonds. The maximum absolute atomic E-state index is 11.2. The van der Waals surface area contributed by atoms with E-state index in [-0.39, 0.29) is 0 Å². The summed E-state index contributed by atoms with van der Waals surface area (Å²) in [4.78, 5) is 23.4. The average Bonchev–Trinajstić information content (AvgIpc) is 2.30. The Bertz CT molecular complexity index is 363. The summed E-state index contributed by atoms with van der Waals surface area (Å²) in [6.07, 6.45) is 0.733. The molecule has 80 valence electrons. The van der Waals surface area contributed by atoms with E-state index in [9.17, 15) is 9.59 Å². The van der Waals surface area contributed by atoms with E-state index in [1.165, 1.54) is 12.0 Å². The number of hydrogen-bond donors (Lipinski definition) is 0. The van der Waals surface area contributed by atoms with Gasteiger partial charge in [-0.3, -0.25) is 4.79 Å². The van der Waals surface area contributed by atoms with Crippen molar-refractivity contribution >= 4 is 18.1 Å². The Hall–Kier alpha value is -1.84. The first-order valence-electron chi connectivity index (χ1n) is 4.63. The summed E-state index contributed by atoms with van der Waals surface area (Å²) < 4.78 is 4.59. The van der Waals surface area contributed by atoms with Crippen molar-refractivity contribution < 1.29 is 14.3 Å². The van der Waals surface area contributed by atoms with Gasteiger partial charge in [-0.05, 0) is 25.1 Å². The van der Waals surface area contributed by atoms with Crippen LogP contribution in [0, 0.1) is 0 Å². The van der Waals surface area contributed by atoms with Crippen molar-refractivity contribution in [2.45, 2.75) is 6.92 Å². The third-order valence-electron chi connectivity index (χ3n) is 2.07. The van der Waals surface area contributed by atoms with Crippen molar-refractivity contribution in [1.82, 2.24) is 0 Å². The van der Waals surface area contributed by atoms with E-state index >= 15 is 0 Å². The molecule has 0 spiro atoms. The molecule has 0 bridgehead atoms. The molecule has 1 aromatic rings. The summed E-state index contributed by atoms with van der Waals surface area (Å²) >= 11 is 0. The fourth-order valence-corrected chi connectivity index (χ4v) is 1.25. The fraction of sp³-hybridized carbons (Fsp3) is 0.273. The Kier molecular flexibility index (Phi) is 3.85. The number of methoxy groups -OCH3 is 1. The second-order valence-corrected chi connectivity index (χ2v) is 2.93. The Labute approximate surface area is 88.5 Å². The highest BCUT2D eigenvalue weighted by Gasteiger charge is 2.08. The normalized spacial score (nSPS) is 9.47. The second-order valence-electron chi connectivity index (χ2n) is 2.93. The lowest BCUT2D eigenvalue weighted by molar-refractivity contribution is -0.107. The van der Waals surface area contributed by atoms with E-state index < -0.39 is 5.97 Å². The zero-order chi connectivity index (χ0) is 11.3. The molecule has 15 heavy (non-hydrogen) atoms. The second kappa shape index (κ2) is 5.14. The zero-order valence-corrected chi connectivity index (χ0v) is 8.77. The van der Waals surface area contributed by atoms with E-state index in [1.807, 2.05) is 6.92 Å². The zero-order valence-electron chi connectivity index (χ0n) is 8.77. The Morgan fingerprint density at radius 2 is 2.27 bits per heavy atom. The van der Waals surface area contributed by atoms with E-state index in [4.69, 9.17) is 0 Å². The molecule has 0 atom stereocenters. The van der Waals surface area contributed by atoms with Gasteiger partial charge in [0.15, 0.2) is 0 Å². The van der Waals surface area contributed by atoms with Crippen LogP contribution in [0.25, 0.3) is 0 Å². The first-order chi connectivity index (χ1) is 7.22. The van der Waals surface area contributed by atoms with Crippen molar-refractivity contribution in [2.24, 2.45) is 0 Å². The molecular formula is C11H13NO3. The molecule has 1 rings (SSSR count). The third-order valence-corrected chi connectivity index (χ3v) is 2.07. The summed E-state index contributed by atoms with van der Waals surface area (Å²) in [6.45, 7) is 2.42. The summed E-state index contributed by atoms with van der Waals surface area (Å²) in [5.74, 6) is -0.404. The molecule has 0 N–H and O–H groups in total. The van der Waals surface area contributed by atoms with Gasteiger partial charge < -0.3 is 9.64 Å². The van der Waals surface area contributed by atoms with E-state index in [1.54, 1.807) is 24.3 Å². The molecule has 0 saturated heterocycles. The van der Waals surface area contributed by atoms with Gasteiger partial charge in [-0.25, -0.2) is 4.79 Å². The number of ether oxygens (including phenoxy) is 1. The molecule has 0 radical (unpaired) electrons. The molecule has 1 aromatic carbocycles. The topological polar surface area (TPSA) is 46.6 Å². The highest BCUT2D eigenvalue weighted by molar-refractivity contribution is 5.91. The van der Waals surface area contributed by atoms with E-state index in [0.717, 1.165) is 6.41 Å². The van der Waals surface area contributed by atoms with Crippen molar-refractivity contribution in [1.29, 1.82) is 0 Å². The van der Waals surface area contributed by atoms with Gasteiger partial charge in [0, 0.05) is 12.2 Å². The number of rotatable bonds is 4. The Morgan fingerprint density at radius 3 is 2.80 bits per heavy atom. The average molecular weight is 207 g/mol. The lowest BCUT2D eigenvalue weighted by atomic mass is 10.2. The molecule has 0 aliphatic heterocycles. The van der Waals surface area contributed by atoms with Gasteiger partial charge in [-0.1, -0.05) is 6.07 Å². The maximum atomic E-state index is 11.2. The molecule has 4 heteroatoms. The van der Waals surface area contributed by atoms with Crippen molar-refractivity contribution in [3.8, 4) is 0 Å². The van der Waals surface area contributed by atoms with Crippen LogP contribution in [-0.4, -0.2) is 26.0 Å². The molecule has 0 aliphatic rings. The molecule has 0 aromatic heterocycles. The fourth-order valence-electron chi connectivity index (χ4n) is 1.25. The number of carbonyl (C=O) groups is 2. The Morgan fingerprint density at radius 1 is 1.53 bits per heavy atom. The predicted octanol–water partition coefficient (Wildman–Crippen LogP) is 1.46. The standard InChI is InChI=1S/C11H13NO3/c1-3-12(8-13)10-6-4-5-9(7-10)11(14)15-2/h4-8H,3H2,1-2H3. The first-order valence-corrected chi connectivity index (χ1v) is 4.63. The highest BCUT2D eigenvalue weighted by Crippen LogP contribution is 2.15. The molecule has 0 saturated carbocycles. The largest absolute Gasteiger partial charge is 0.465 e. The predicted molar refractivity (Wildman–Crippen MR) is 56.9 cm³/mol. The van der Waals surface area contributed by atoms with Crippen molar-refractivity contribution in [3.63, 3.8) is 0 Å². The van der Waals surface area contributed by atoms with Gasteiger partial charge in [0.05, 0.1) is 12.7 Å². The van der Waals surface area contributed by atoms with Gasteiger partial charge >= 0.3 is 5.97 Å². The first kappa shape index (κ1) is 11.2. The van der Waals surface area contributed by atoms with Crippen LogP contribution in [0.4, 0.5) is 5.69 Å².